The Labute approximate surface area is 110 Å². The Bertz CT molecular complexity index is 553. The van der Waals surface area contributed by atoms with Gasteiger partial charge in [0, 0.05) is 13.1 Å². The predicted molar refractivity (Wildman–Crippen MR) is 67.5 cm³/mol. The van der Waals surface area contributed by atoms with Crippen LogP contribution in [0, 0.1) is 11.6 Å². The van der Waals surface area contributed by atoms with Gasteiger partial charge >= 0.3 is 0 Å². The first kappa shape index (κ1) is 13.6. The van der Waals surface area contributed by atoms with Crippen molar-refractivity contribution in [2.75, 3.05) is 6.54 Å². The standard InChI is InChI=1S/C13H16F2N4/c1-3-16-12(13-8-17-18-19(13)2)6-9-4-5-10(14)7-11(9)15/h4-5,7-8,12,16H,3,6H2,1-2H3. The van der Waals surface area contributed by atoms with Crippen LogP contribution in [0.15, 0.2) is 24.4 Å². The van der Waals surface area contributed by atoms with Gasteiger partial charge in [-0.15, -0.1) is 5.10 Å². The molecule has 0 amide bonds. The molecule has 0 fully saturated rings. The van der Waals surface area contributed by atoms with E-state index >= 15 is 0 Å². The molecule has 1 N–H and O–H groups in total. The van der Waals surface area contributed by atoms with Crippen molar-refractivity contribution in [1.82, 2.24) is 20.3 Å². The summed E-state index contributed by atoms with van der Waals surface area (Å²) in [5, 5.41) is 10.9. The highest BCUT2D eigenvalue weighted by Crippen LogP contribution is 2.19. The van der Waals surface area contributed by atoms with Gasteiger partial charge in [-0.1, -0.05) is 18.2 Å². The van der Waals surface area contributed by atoms with Crippen molar-refractivity contribution in [3.8, 4) is 0 Å². The van der Waals surface area contributed by atoms with Gasteiger partial charge < -0.3 is 5.32 Å². The van der Waals surface area contributed by atoms with Crippen LogP contribution >= 0.6 is 0 Å². The normalized spacial score (nSPS) is 12.6. The number of hydrogen-bond donors (Lipinski definition) is 1. The van der Waals surface area contributed by atoms with Crippen molar-refractivity contribution >= 4 is 0 Å². The Balaban J connectivity index is 2.24. The van der Waals surface area contributed by atoms with E-state index in [2.05, 4.69) is 15.6 Å². The van der Waals surface area contributed by atoms with E-state index < -0.39 is 11.6 Å². The van der Waals surface area contributed by atoms with Gasteiger partial charge in [0.05, 0.1) is 17.9 Å². The molecule has 0 bridgehead atoms. The molecule has 102 valence electrons. The first-order valence-corrected chi connectivity index (χ1v) is 6.13. The molecule has 0 saturated carbocycles. The maximum absolute atomic E-state index is 13.7. The second kappa shape index (κ2) is 5.88. The van der Waals surface area contributed by atoms with Gasteiger partial charge in [-0.05, 0) is 24.6 Å². The van der Waals surface area contributed by atoms with E-state index in [9.17, 15) is 8.78 Å². The molecule has 0 aliphatic rings. The lowest BCUT2D eigenvalue weighted by molar-refractivity contribution is 0.491. The van der Waals surface area contributed by atoms with E-state index in [4.69, 9.17) is 0 Å². The Morgan fingerprint density at radius 2 is 2.16 bits per heavy atom. The molecule has 1 heterocycles. The second-order valence-electron chi connectivity index (χ2n) is 4.33. The first-order valence-electron chi connectivity index (χ1n) is 6.13. The summed E-state index contributed by atoms with van der Waals surface area (Å²) in [6, 6.07) is 3.53. The van der Waals surface area contributed by atoms with E-state index in [1.807, 2.05) is 6.92 Å². The van der Waals surface area contributed by atoms with Gasteiger partial charge in [0.2, 0.25) is 0 Å². The molecule has 1 atom stereocenters. The van der Waals surface area contributed by atoms with E-state index in [0.29, 0.717) is 12.0 Å². The Kier molecular flexibility index (Phi) is 4.21. The van der Waals surface area contributed by atoms with Crippen LogP contribution in [0.4, 0.5) is 8.78 Å². The SMILES string of the molecule is CCNC(Cc1ccc(F)cc1F)c1cnnn1C. The average molecular weight is 266 g/mol. The molecule has 0 spiro atoms. The van der Waals surface area contributed by atoms with Crippen molar-refractivity contribution < 1.29 is 8.78 Å². The molecule has 0 radical (unpaired) electrons. The van der Waals surface area contributed by atoms with Gasteiger partial charge in [-0.2, -0.15) is 0 Å². The number of hydrogen-bond acceptors (Lipinski definition) is 3. The summed E-state index contributed by atoms with van der Waals surface area (Å²) in [7, 11) is 1.79. The quantitative estimate of drug-likeness (QED) is 0.900. The zero-order chi connectivity index (χ0) is 13.8. The summed E-state index contributed by atoms with van der Waals surface area (Å²) in [5.74, 6) is -1.10. The molecule has 2 rings (SSSR count). The minimum atomic E-state index is -0.566. The highest BCUT2D eigenvalue weighted by atomic mass is 19.1. The molecular weight excluding hydrogens is 250 g/mol. The summed E-state index contributed by atoms with van der Waals surface area (Å²) in [4.78, 5) is 0. The van der Waals surface area contributed by atoms with E-state index in [1.165, 1.54) is 12.1 Å². The molecule has 1 aromatic heterocycles. The Hall–Kier alpha value is -1.82. The Morgan fingerprint density at radius 1 is 1.37 bits per heavy atom. The van der Waals surface area contributed by atoms with E-state index in [-0.39, 0.29) is 6.04 Å². The fourth-order valence-electron chi connectivity index (χ4n) is 2.05. The maximum Gasteiger partial charge on any atom is 0.129 e. The van der Waals surface area contributed by atoms with Crippen LogP contribution in [0.3, 0.4) is 0 Å². The highest BCUT2D eigenvalue weighted by Gasteiger charge is 2.17. The molecule has 1 unspecified atom stereocenters. The molecule has 2 aromatic rings. The molecule has 1 aromatic carbocycles. The lowest BCUT2D eigenvalue weighted by atomic mass is 10.0. The summed E-state index contributed by atoms with van der Waals surface area (Å²) in [6.45, 7) is 2.70. The first-order chi connectivity index (χ1) is 9.11. The third-order valence-corrected chi connectivity index (χ3v) is 3.00. The van der Waals surface area contributed by atoms with Crippen LogP contribution in [0.1, 0.15) is 24.2 Å². The molecule has 0 saturated heterocycles. The number of halogens is 2. The summed E-state index contributed by atoms with van der Waals surface area (Å²) in [5.41, 5.74) is 1.33. The van der Waals surface area contributed by atoms with Crippen LogP contribution < -0.4 is 5.32 Å². The van der Waals surface area contributed by atoms with E-state index in [0.717, 1.165) is 18.3 Å². The van der Waals surface area contributed by atoms with Crippen molar-refractivity contribution in [2.24, 2.45) is 7.05 Å². The van der Waals surface area contributed by atoms with Gasteiger partial charge in [0.1, 0.15) is 11.6 Å². The number of aromatic nitrogens is 3. The third kappa shape index (κ3) is 3.14. The van der Waals surface area contributed by atoms with Gasteiger partial charge in [0.25, 0.3) is 0 Å². The number of nitrogens with one attached hydrogen (secondary N) is 1. The number of likely N-dealkylation sites (N-methyl/N-ethyl adjacent to an activating group) is 1. The minimum absolute atomic E-state index is 0.107. The topological polar surface area (TPSA) is 42.7 Å². The Morgan fingerprint density at radius 3 is 2.74 bits per heavy atom. The smallest absolute Gasteiger partial charge is 0.129 e. The monoisotopic (exact) mass is 266 g/mol. The van der Waals surface area contributed by atoms with Crippen LogP contribution in [-0.4, -0.2) is 21.5 Å². The van der Waals surface area contributed by atoms with Crippen LogP contribution in [0.25, 0.3) is 0 Å². The summed E-state index contributed by atoms with van der Waals surface area (Å²) in [6.07, 6.45) is 2.07. The molecule has 0 aliphatic heterocycles. The third-order valence-electron chi connectivity index (χ3n) is 3.00. The molecule has 19 heavy (non-hydrogen) atoms. The molecule has 4 nitrogen and oxygen atoms in total. The lowest BCUT2D eigenvalue weighted by Crippen LogP contribution is -2.25. The van der Waals surface area contributed by atoms with Gasteiger partial charge in [0.15, 0.2) is 0 Å². The van der Waals surface area contributed by atoms with Crippen molar-refractivity contribution in [1.29, 1.82) is 0 Å². The van der Waals surface area contributed by atoms with Gasteiger partial charge in [-0.25, -0.2) is 8.78 Å². The van der Waals surface area contributed by atoms with Crippen molar-refractivity contribution in [3.05, 3.63) is 47.3 Å². The largest absolute Gasteiger partial charge is 0.309 e. The van der Waals surface area contributed by atoms with Crippen LogP contribution in [0.5, 0.6) is 0 Å². The minimum Gasteiger partial charge on any atom is -0.309 e. The van der Waals surface area contributed by atoms with Crippen LogP contribution in [0.2, 0.25) is 0 Å². The van der Waals surface area contributed by atoms with Crippen molar-refractivity contribution in [3.63, 3.8) is 0 Å². The highest BCUT2D eigenvalue weighted by molar-refractivity contribution is 5.21. The predicted octanol–water partition coefficient (Wildman–Crippen LogP) is 1.99. The molecule has 0 aliphatic carbocycles. The number of nitrogens with zero attached hydrogens (tertiary/aromatic N) is 3. The van der Waals surface area contributed by atoms with E-state index in [1.54, 1.807) is 17.9 Å². The molecule has 6 heteroatoms. The maximum atomic E-state index is 13.7. The number of benzene rings is 1. The summed E-state index contributed by atoms with van der Waals surface area (Å²) >= 11 is 0. The second-order valence-corrected chi connectivity index (χ2v) is 4.33. The lowest BCUT2D eigenvalue weighted by Gasteiger charge is -2.18. The fraction of sp³-hybridized carbons (Fsp3) is 0.385. The number of rotatable bonds is 5. The number of aryl methyl sites for hydroxylation is 1. The average Bonchev–Trinajstić information content (AvgIpc) is 2.78. The van der Waals surface area contributed by atoms with Crippen molar-refractivity contribution in [2.45, 2.75) is 19.4 Å². The zero-order valence-corrected chi connectivity index (χ0v) is 10.9. The van der Waals surface area contributed by atoms with Crippen LogP contribution in [-0.2, 0) is 13.5 Å². The van der Waals surface area contributed by atoms with Gasteiger partial charge in [-0.3, -0.25) is 4.68 Å². The molecular formula is C13H16F2N4. The fourth-order valence-corrected chi connectivity index (χ4v) is 2.05. The zero-order valence-electron chi connectivity index (χ0n) is 10.9. The summed E-state index contributed by atoms with van der Waals surface area (Å²) < 4.78 is 28.2.